The summed E-state index contributed by atoms with van der Waals surface area (Å²) in [4.78, 5) is 22.7. The summed E-state index contributed by atoms with van der Waals surface area (Å²) < 4.78 is 101. The van der Waals surface area contributed by atoms with Gasteiger partial charge in [0.2, 0.25) is 0 Å². The zero-order valence-corrected chi connectivity index (χ0v) is 43.1. The first-order valence-corrected chi connectivity index (χ1v) is 27.4. The first kappa shape index (κ1) is 52.8. The maximum absolute atomic E-state index is 15.2. The summed E-state index contributed by atoms with van der Waals surface area (Å²) in [5.41, 5.74) is 1.96. The van der Waals surface area contributed by atoms with Gasteiger partial charge >= 0.3 is 6.18 Å². The summed E-state index contributed by atoms with van der Waals surface area (Å²) in [6.45, 7) is 3.22. The van der Waals surface area contributed by atoms with E-state index in [0.717, 1.165) is 39.9 Å². The van der Waals surface area contributed by atoms with Crippen molar-refractivity contribution in [1.82, 2.24) is 14.4 Å². The SMILES string of the molecule is CN(C)CC[C@H](CSc1ccccc1)Nc1ccc(S(=O)(=O)Nc2ccc(N3CCN(c4cccc(-c5c(C(=O)N6CCC(O)CC6)c(C(F)(F)F)n(C)c5-c5ccc(Cl)cc5)c4)CC3)cc2)cc1S(=O)[O-]. The molecule has 2 saturated heterocycles. The second-order valence-corrected chi connectivity index (χ2v) is 22.3. The lowest BCUT2D eigenvalue weighted by Crippen LogP contribution is -2.46. The summed E-state index contributed by atoms with van der Waals surface area (Å²) in [5.74, 6) is -0.0953. The van der Waals surface area contributed by atoms with E-state index in [-0.39, 0.29) is 58.7 Å². The van der Waals surface area contributed by atoms with Gasteiger partial charge in [0.1, 0.15) is 5.69 Å². The number of amides is 1. The van der Waals surface area contributed by atoms with E-state index in [2.05, 4.69) is 19.8 Å². The summed E-state index contributed by atoms with van der Waals surface area (Å²) in [6.07, 6.45) is -4.26. The van der Waals surface area contributed by atoms with Crippen LogP contribution in [0.25, 0.3) is 22.4 Å². The van der Waals surface area contributed by atoms with Crippen molar-refractivity contribution in [1.29, 1.82) is 0 Å². The number of carbonyl (C=O) groups is 1. The second kappa shape index (κ2) is 22.7. The smallest absolute Gasteiger partial charge is 0.432 e. The average Bonchev–Trinajstić information content (AvgIpc) is 3.68. The maximum Gasteiger partial charge on any atom is 0.432 e. The van der Waals surface area contributed by atoms with E-state index in [0.29, 0.717) is 53.8 Å². The average molecular weight is 1060 g/mol. The van der Waals surface area contributed by atoms with E-state index in [1.807, 2.05) is 61.5 Å². The fourth-order valence-corrected chi connectivity index (χ4v) is 12.0. The molecule has 3 N–H and O–H groups in total. The highest BCUT2D eigenvalue weighted by Gasteiger charge is 2.44. The van der Waals surface area contributed by atoms with Crippen LogP contribution in [0.2, 0.25) is 5.02 Å². The van der Waals surface area contributed by atoms with Crippen LogP contribution in [-0.4, -0.2) is 120 Å². The fraction of sp³-hybridized carbons (Fsp3) is 0.327. The molecule has 3 heterocycles. The molecule has 8 rings (SSSR count). The summed E-state index contributed by atoms with van der Waals surface area (Å²) in [6, 6.07) is 34.4. The third kappa shape index (κ3) is 12.4. The number of carbonyl (C=O) groups excluding carboxylic acids is 1. The predicted octanol–water partition coefficient (Wildman–Crippen LogP) is 9.52. The molecule has 0 aliphatic carbocycles. The molecule has 2 fully saturated rings. The predicted molar refractivity (Wildman–Crippen MR) is 280 cm³/mol. The Morgan fingerprint density at radius 1 is 0.861 bits per heavy atom. The molecule has 0 radical (unpaired) electrons. The number of piperidine rings is 1. The van der Waals surface area contributed by atoms with Crippen LogP contribution in [0.15, 0.2) is 136 Å². The fourth-order valence-electron chi connectivity index (χ4n) is 9.18. The number of hydrogen-bond acceptors (Lipinski definition) is 11. The number of likely N-dealkylation sites (tertiary alicyclic amines) is 1. The number of halogens is 4. The Bertz CT molecular complexity index is 2980. The highest BCUT2D eigenvalue weighted by atomic mass is 35.5. The summed E-state index contributed by atoms with van der Waals surface area (Å²) in [7, 11) is 1.05. The van der Waals surface area contributed by atoms with Crippen LogP contribution in [0.3, 0.4) is 0 Å². The van der Waals surface area contributed by atoms with E-state index < -0.39 is 50.5 Å². The molecule has 0 spiro atoms. The van der Waals surface area contributed by atoms with Crippen LogP contribution >= 0.6 is 23.4 Å². The number of aliphatic hydroxyl groups is 1. The van der Waals surface area contributed by atoms with Gasteiger partial charge in [-0.05, 0) is 141 Å². The molecule has 1 unspecified atom stereocenters. The van der Waals surface area contributed by atoms with Gasteiger partial charge in [0.05, 0.1) is 22.3 Å². The standard InChI is InChI=1S/C52H57ClF3N7O6S3/c1-59(2)25-22-39(34-70-43-10-5-4-6-11-43)57-45-21-20-44(33-46(45)71(66)67)72(68,69)58-38-16-18-40(19-17-38)61-28-30-62(31-29-61)41-9-7-8-36(32-41)47-48(51(65)63-26-23-42(64)24-27-63)50(52(54,55)56)60(3)49(47)35-12-14-37(53)15-13-35/h4-21,32-33,39,42,57-58,64H,22-31,34H2,1-3H3,(H,66,67)/p-1/t39-/m1/s1. The molecule has 13 nitrogen and oxygen atoms in total. The van der Waals surface area contributed by atoms with Gasteiger partial charge in [-0.25, -0.2) is 8.42 Å². The van der Waals surface area contributed by atoms with Crippen molar-refractivity contribution in [2.24, 2.45) is 7.05 Å². The normalized spacial score (nSPS) is 15.7. The number of nitrogens with one attached hydrogen (secondary N) is 2. The molecule has 2 aliphatic heterocycles. The number of hydrogen-bond donors (Lipinski definition) is 3. The minimum Gasteiger partial charge on any atom is -0.768 e. The van der Waals surface area contributed by atoms with Crippen LogP contribution in [0.5, 0.6) is 0 Å². The van der Waals surface area contributed by atoms with Crippen LogP contribution in [0.4, 0.5) is 35.9 Å². The molecule has 0 saturated carbocycles. The van der Waals surface area contributed by atoms with Crippen molar-refractivity contribution < 1.29 is 40.3 Å². The topological polar surface area (TPSA) is 154 Å². The van der Waals surface area contributed by atoms with Crippen LogP contribution in [0.1, 0.15) is 35.3 Å². The highest BCUT2D eigenvalue weighted by Crippen LogP contribution is 2.46. The molecule has 2 atom stereocenters. The number of piperazine rings is 1. The summed E-state index contributed by atoms with van der Waals surface area (Å²) in [5, 5.41) is 13.9. The number of sulfonamides is 1. The molecular weight excluding hydrogens is 1010 g/mol. The van der Waals surface area contributed by atoms with Gasteiger partial charge in [0.25, 0.3) is 15.9 Å². The Hall–Kier alpha value is -5.54. The molecule has 2 aliphatic rings. The molecule has 6 aromatic rings. The molecular formula is C52H56ClF3N7O6S3-. The number of rotatable bonds is 17. The van der Waals surface area contributed by atoms with Gasteiger partial charge in [-0.3, -0.25) is 13.7 Å². The molecule has 1 amide bonds. The first-order chi connectivity index (χ1) is 34.4. The maximum atomic E-state index is 15.2. The Morgan fingerprint density at radius 2 is 1.51 bits per heavy atom. The third-order valence-electron chi connectivity index (χ3n) is 12.9. The van der Waals surface area contributed by atoms with Crippen molar-refractivity contribution in [2.75, 3.05) is 85.5 Å². The number of thioether (sulfide) groups is 1. The highest BCUT2D eigenvalue weighted by molar-refractivity contribution is 7.99. The van der Waals surface area contributed by atoms with Crippen molar-refractivity contribution >= 4 is 73.1 Å². The lowest BCUT2D eigenvalue weighted by Gasteiger charge is -2.37. The number of alkyl halides is 3. The van der Waals surface area contributed by atoms with Gasteiger partial charge < -0.3 is 39.1 Å². The second-order valence-electron chi connectivity index (χ2n) is 18.2. The Labute approximate surface area is 430 Å². The number of aromatic nitrogens is 1. The van der Waals surface area contributed by atoms with E-state index in [1.54, 1.807) is 72.4 Å². The Kier molecular flexibility index (Phi) is 16.6. The zero-order chi connectivity index (χ0) is 51.3. The molecule has 382 valence electrons. The van der Waals surface area contributed by atoms with E-state index >= 15 is 13.2 Å². The number of aliphatic hydroxyl groups excluding tert-OH is 1. The number of anilines is 4. The minimum absolute atomic E-state index is 0.116. The monoisotopic (exact) mass is 1060 g/mol. The largest absolute Gasteiger partial charge is 0.768 e. The number of nitrogens with zero attached hydrogens (tertiary/aromatic N) is 5. The van der Waals surface area contributed by atoms with Crippen LogP contribution in [-0.2, 0) is 34.3 Å². The molecule has 5 aromatic carbocycles. The Balaban J connectivity index is 0.969. The van der Waals surface area contributed by atoms with Crippen LogP contribution in [0, 0.1) is 0 Å². The minimum atomic E-state index is -4.88. The van der Waals surface area contributed by atoms with Gasteiger partial charge in [-0.2, -0.15) is 13.2 Å². The lowest BCUT2D eigenvalue weighted by molar-refractivity contribution is -0.143. The first-order valence-electron chi connectivity index (χ1n) is 23.4. The molecule has 0 bridgehead atoms. The van der Waals surface area contributed by atoms with Gasteiger partial charge in [0, 0.05) is 101 Å². The summed E-state index contributed by atoms with van der Waals surface area (Å²) >= 11 is 5.12. The van der Waals surface area contributed by atoms with Crippen molar-refractivity contribution in [2.45, 2.75) is 52.3 Å². The third-order valence-corrected chi connectivity index (χ3v) is 16.4. The quantitative estimate of drug-likeness (QED) is 0.0592. The van der Waals surface area contributed by atoms with Crippen molar-refractivity contribution in [3.8, 4) is 22.4 Å². The molecule has 20 heteroatoms. The van der Waals surface area contributed by atoms with E-state index in [9.17, 15) is 27.1 Å². The Morgan fingerprint density at radius 3 is 2.14 bits per heavy atom. The number of benzene rings is 5. The van der Waals surface area contributed by atoms with Gasteiger partial charge in [-0.1, -0.05) is 54.1 Å². The van der Waals surface area contributed by atoms with Crippen molar-refractivity contribution in [3.05, 3.63) is 138 Å². The zero-order valence-electron chi connectivity index (χ0n) is 39.9. The molecule has 1 aromatic heterocycles. The van der Waals surface area contributed by atoms with Crippen molar-refractivity contribution in [3.63, 3.8) is 0 Å². The van der Waals surface area contributed by atoms with E-state index in [4.69, 9.17) is 11.6 Å². The van der Waals surface area contributed by atoms with Gasteiger partial charge in [0.15, 0.2) is 0 Å². The van der Waals surface area contributed by atoms with Gasteiger partial charge in [-0.15, -0.1) is 11.8 Å². The lowest BCUT2D eigenvalue weighted by atomic mass is 9.94. The van der Waals surface area contributed by atoms with Crippen LogP contribution < -0.4 is 19.8 Å². The van der Waals surface area contributed by atoms with E-state index in [1.165, 1.54) is 24.1 Å². The molecule has 72 heavy (non-hydrogen) atoms.